The number of carbonyl (C=O) groups is 2. The van der Waals surface area contributed by atoms with Crippen LogP contribution >= 0.6 is 0 Å². The van der Waals surface area contributed by atoms with E-state index in [1.807, 2.05) is 72.8 Å². The van der Waals surface area contributed by atoms with E-state index < -0.39 is 5.92 Å². The molecule has 2 heterocycles. The number of rotatable bonds is 4. The van der Waals surface area contributed by atoms with Crippen molar-refractivity contribution in [1.29, 1.82) is 0 Å². The van der Waals surface area contributed by atoms with Gasteiger partial charge in [-0.25, -0.2) is 0 Å². The van der Waals surface area contributed by atoms with Crippen molar-refractivity contribution in [3.05, 3.63) is 83.9 Å². The Kier molecular flexibility index (Phi) is 4.82. The van der Waals surface area contributed by atoms with Gasteiger partial charge in [0.05, 0.1) is 19.1 Å². The third-order valence-electron chi connectivity index (χ3n) is 5.78. The zero-order valence-corrected chi connectivity index (χ0v) is 17.1. The molecular formula is C25H22N2O4. The Hall–Kier alpha value is -3.80. The number of para-hydroxylation sites is 2. The van der Waals surface area contributed by atoms with Gasteiger partial charge in [-0.05, 0) is 24.3 Å². The van der Waals surface area contributed by atoms with E-state index in [0.29, 0.717) is 23.8 Å². The van der Waals surface area contributed by atoms with Gasteiger partial charge in [0.1, 0.15) is 17.2 Å². The molecule has 2 aliphatic rings. The van der Waals surface area contributed by atoms with Crippen molar-refractivity contribution in [3.63, 3.8) is 0 Å². The quantitative estimate of drug-likeness (QED) is 0.704. The predicted molar refractivity (Wildman–Crippen MR) is 117 cm³/mol. The monoisotopic (exact) mass is 414 g/mol. The third-order valence-corrected chi connectivity index (χ3v) is 5.78. The van der Waals surface area contributed by atoms with Crippen LogP contribution in [0, 0.1) is 0 Å². The number of anilines is 1. The Balaban J connectivity index is 1.38. The molecule has 31 heavy (non-hydrogen) atoms. The van der Waals surface area contributed by atoms with E-state index in [0.717, 1.165) is 16.8 Å². The van der Waals surface area contributed by atoms with Gasteiger partial charge >= 0.3 is 0 Å². The molecule has 2 aliphatic heterocycles. The minimum absolute atomic E-state index is 0.0219. The highest BCUT2D eigenvalue weighted by molar-refractivity contribution is 5.97. The number of carbonyl (C=O) groups excluding carboxylic acids is 2. The summed E-state index contributed by atoms with van der Waals surface area (Å²) in [4.78, 5) is 27.8. The molecule has 0 aliphatic carbocycles. The summed E-state index contributed by atoms with van der Waals surface area (Å²) >= 11 is 0. The van der Waals surface area contributed by atoms with Gasteiger partial charge in [-0.3, -0.25) is 9.59 Å². The van der Waals surface area contributed by atoms with Gasteiger partial charge in [-0.1, -0.05) is 42.5 Å². The fourth-order valence-electron chi connectivity index (χ4n) is 4.31. The molecule has 0 aromatic heterocycles. The Morgan fingerprint density at radius 3 is 2.35 bits per heavy atom. The van der Waals surface area contributed by atoms with Gasteiger partial charge in [-0.15, -0.1) is 0 Å². The van der Waals surface area contributed by atoms with E-state index in [1.54, 1.807) is 12.0 Å². The molecular weight excluding hydrogens is 392 g/mol. The number of amides is 2. The Labute approximate surface area is 180 Å². The van der Waals surface area contributed by atoms with E-state index in [4.69, 9.17) is 9.47 Å². The summed E-state index contributed by atoms with van der Waals surface area (Å²) in [5.41, 5.74) is 2.42. The third kappa shape index (κ3) is 3.50. The Morgan fingerprint density at radius 1 is 1.00 bits per heavy atom. The van der Waals surface area contributed by atoms with Gasteiger partial charge in [0.2, 0.25) is 11.8 Å². The van der Waals surface area contributed by atoms with Crippen LogP contribution in [0.4, 0.5) is 5.69 Å². The van der Waals surface area contributed by atoms with E-state index >= 15 is 0 Å². The molecule has 3 aromatic carbocycles. The lowest BCUT2D eigenvalue weighted by atomic mass is 9.87. The van der Waals surface area contributed by atoms with Crippen LogP contribution in [0.3, 0.4) is 0 Å². The normalized spacial score (nSPS) is 17.5. The van der Waals surface area contributed by atoms with Crippen molar-refractivity contribution >= 4 is 17.5 Å². The lowest BCUT2D eigenvalue weighted by Gasteiger charge is -2.28. The molecule has 6 heteroatoms. The van der Waals surface area contributed by atoms with Crippen LogP contribution in [0.15, 0.2) is 72.8 Å². The first-order chi connectivity index (χ1) is 15.1. The number of fused-ring (bicyclic) bond motifs is 2. The van der Waals surface area contributed by atoms with Gasteiger partial charge < -0.3 is 19.7 Å². The molecule has 6 nitrogen and oxygen atoms in total. The molecule has 1 fully saturated rings. The van der Waals surface area contributed by atoms with Gasteiger partial charge in [0, 0.05) is 35.8 Å². The maximum absolute atomic E-state index is 13.4. The maximum Gasteiger partial charge on any atom is 0.232 e. The standard InChI is InChI=1S/C25H22N2O4/c1-30-18-8-6-7-17(14-18)27-15-16(13-23(27)28)26-25(29)24-19-9-2-4-11-21(19)31-22-12-5-3-10-20(22)24/h2-12,14,16,24H,13,15H2,1H3,(H,26,29). The SMILES string of the molecule is COc1cccc(N2CC(NC(=O)C3c4ccccc4Oc4ccccc43)CC2=O)c1. The zero-order valence-electron chi connectivity index (χ0n) is 17.1. The molecule has 1 atom stereocenters. The number of ether oxygens (including phenoxy) is 2. The second-order valence-corrected chi connectivity index (χ2v) is 7.73. The second kappa shape index (κ2) is 7.80. The molecule has 156 valence electrons. The first kappa shape index (κ1) is 19.2. The molecule has 0 radical (unpaired) electrons. The van der Waals surface area contributed by atoms with E-state index in [-0.39, 0.29) is 24.3 Å². The van der Waals surface area contributed by atoms with Crippen molar-refractivity contribution in [3.8, 4) is 17.2 Å². The van der Waals surface area contributed by atoms with Crippen LogP contribution in [0.1, 0.15) is 23.5 Å². The summed E-state index contributed by atoms with van der Waals surface area (Å²) in [5.74, 6) is 1.42. The average molecular weight is 414 g/mol. The van der Waals surface area contributed by atoms with Crippen molar-refractivity contribution < 1.29 is 19.1 Å². The van der Waals surface area contributed by atoms with Crippen LogP contribution in [0.25, 0.3) is 0 Å². The molecule has 5 rings (SSSR count). The second-order valence-electron chi connectivity index (χ2n) is 7.73. The first-order valence-corrected chi connectivity index (χ1v) is 10.2. The average Bonchev–Trinajstić information content (AvgIpc) is 3.17. The van der Waals surface area contributed by atoms with Gasteiger partial charge in [0.25, 0.3) is 0 Å². The summed E-state index contributed by atoms with van der Waals surface area (Å²) in [6, 6.07) is 22.3. The highest BCUT2D eigenvalue weighted by Gasteiger charge is 2.37. The number of hydrogen-bond donors (Lipinski definition) is 1. The van der Waals surface area contributed by atoms with Gasteiger partial charge in [0.15, 0.2) is 0 Å². The lowest BCUT2D eigenvalue weighted by Crippen LogP contribution is -2.40. The van der Waals surface area contributed by atoms with Crippen LogP contribution in [0.5, 0.6) is 17.2 Å². The van der Waals surface area contributed by atoms with Crippen LogP contribution < -0.4 is 19.7 Å². The van der Waals surface area contributed by atoms with Crippen LogP contribution in [-0.4, -0.2) is 31.5 Å². The number of nitrogens with zero attached hydrogens (tertiary/aromatic N) is 1. The lowest BCUT2D eigenvalue weighted by molar-refractivity contribution is -0.122. The number of methoxy groups -OCH3 is 1. The number of hydrogen-bond acceptors (Lipinski definition) is 4. The summed E-state index contributed by atoms with van der Waals surface area (Å²) in [7, 11) is 1.59. The van der Waals surface area contributed by atoms with E-state index in [1.165, 1.54) is 0 Å². The summed E-state index contributed by atoms with van der Waals surface area (Å²) in [6.45, 7) is 0.421. The number of benzene rings is 3. The minimum atomic E-state index is -0.484. The molecule has 1 saturated heterocycles. The maximum atomic E-state index is 13.4. The Morgan fingerprint density at radius 2 is 1.68 bits per heavy atom. The van der Waals surface area contributed by atoms with Crippen LogP contribution in [0.2, 0.25) is 0 Å². The molecule has 0 saturated carbocycles. The van der Waals surface area contributed by atoms with Gasteiger partial charge in [-0.2, -0.15) is 0 Å². The summed E-state index contributed by atoms with van der Waals surface area (Å²) in [5, 5.41) is 3.10. The summed E-state index contributed by atoms with van der Waals surface area (Å²) in [6.07, 6.45) is 0.259. The zero-order chi connectivity index (χ0) is 21.4. The topological polar surface area (TPSA) is 67.9 Å². The summed E-state index contributed by atoms with van der Waals surface area (Å²) < 4.78 is 11.3. The molecule has 0 spiro atoms. The molecule has 1 N–H and O–H groups in total. The van der Waals surface area contributed by atoms with E-state index in [2.05, 4.69) is 5.32 Å². The highest BCUT2D eigenvalue weighted by atomic mass is 16.5. The van der Waals surface area contributed by atoms with Crippen molar-refractivity contribution in [1.82, 2.24) is 5.32 Å². The highest BCUT2D eigenvalue weighted by Crippen LogP contribution is 2.44. The molecule has 1 unspecified atom stereocenters. The van der Waals surface area contributed by atoms with Crippen LogP contribution in [-0.2, 0) is 9.59 Å². The fourth-order valence-corrected chi connectivity index (χ4v) is 4.31. The number of nitrogens with one attached hydrogen (secondary N) is 1. The smallest absolute Gasteiger partial charge is 0.232 e. The Bertz CT molecular complexity index is 1110. The minimum Gasteiger partial charge on any atom is -0.497 e. The molecule has 2 amide bonds. The van der Waals surface area contributed by atoms with Crippen molar-refractivity contribution in [2.75, 3.05) is 18.6 Å². The largest absolute Gasteiger partial charge is 0.497 e. The molecule has 0 bridgehead atoms. The molecule has 3 aromatic rings. The predicted octanol–water partition coefficient (Wildman–Crippen LogP) is 3.85. The van der Waals surface area contributed by atoms with E-state index in [9.17, 15) is 9.59 Å². The van der Waals surface area contributed by atoms with Crippen molar-refractivity contribution in [2.24, 2.45) is 0 Å². The van der Waals surface area contributed by atoms with Crippen molar-refractivity contribution in [2.45, 2.75) is 18.4 Å². The first-order valence-electron chi connectivity index (χ1n) is 10.2. The fraction of sp³-hybridized carbons (Fsp3) is 0.200.